The third-order valence-electron chi connectivity index (χ3n) is 2.48. The maximum Gasteiger partial charge on any atom is 0.228 e. The fourth-order valence-electron chi connectivity index (χ4n) is 1.63. The van der Waals surface area contributed by atoms with Crippen molar-refractivity contribution in [2.45, 2.75) is 25.8 Å². The number of methoxy groups -OCH3 is 1. The third-order valence-corrected chi connectivity index (χ3v) is 2.48. The molecule has 0 aliphatic carbocycles. The van der Waals surface area contributed by atoms with Gasteiger partial charge in [0.15, 0.2) is 11.6 Å². The molecule has 0 unspecified atom stereocenters. The summed E-state index contributed by atoms with van der Waals surface area (Å²) in [7, 11) is 1.40. The van der Waals surface area contributed by atoms with E-state index in [0.717, 1.165) is 0 Å². The first kappa shape index (κ1) is 13.5. The summed E-state index contributed by atoms with van der Waals surface area (Å²) in [6.07, 6.45) is 0.471. The molecule has 0 atom stereocenters. The molecule has 0 saturated heterocycles. The zero-order valence-corrected chi connectivity index (χ0v) is 11.1. The quantitative estimate of drug-likeness (QED) is 0.917. The SMILES string of the molecule is COc1cc(-c2noc(CC(C)(C)N)n2)ccc1F. The van der Waals surface area contributed by atoms with Crippen LogP contribution in [0, 0.1) is 5.82 Å². The smallest absolute Gasteiger partial charge is 0.228 e. The third kappa shape index (κ3) is 3.29. The first-order valence-corrected chi connectivity index (χ1v) is 5.84. The Labute approximate surface area is 110 Å². The Kier molecular flexibility index (Phi) is 3.53. The fourth-order valence-corrected chi connectivity index (χ4v) is 1.63. The van der Waals surface area contributed by atoms with Crippen LogP contribution in [0.5, 0.6) is 5.75 Å². The van der Waals surface area contributed by atoms with Gasteiger partial charge in [-0.1, -0.05) is 5.16 Å². The number of ether oxygens (including phenoxy) is 1. The van der Waals surface area contributed by atoms with E-state index in [1.54, 1.807) is 6.07 Å². The Hall–Kier alpha value is -1.95. The molecule has 6 heteroatoms. The van der Waals surface area contributed by atoms with E-state index in [9.17, 15) is 4.39 Å². The van der Waals surface area contributed by atoms with E-state index >= 15 is 0 Å². The van der Waals surface area contributed by atoms with Crippen molar-refractivity contribution in [1.29, 1.82) is 0 Å². The van der Waals surface area contributed by atoms with Crippen LogP contribution >= 0.6 is 0 Å². The predicted octanol–water partition coefficient (Wildman–Crippen LogP) is 2.16. The lowest BCUT2D eigenvalue weighted by molar-refractivity contribution is 0.348. The van der Waals surface area contributed by atoms with E-state index in [0.29, 0.717) is 23.7 Å². The van der Waals surface area contributed by atoms with Gasteiger partial charge in [-0.3, -0.25) is 0 Å². The molecule has 1 heterocycles. The number of nitrogens with zero attached hydrogens (tertiary/aromatic N) is 2. The predicted molar refractivity (Wildman–Crippen MR) is 68.2 cm³/mol. The standard InChI is InChI=1S/C13H16FN3O2/c1-13(2,15)7-11-16-12(17-19-11)8-4-5-9(14)10(6-8)18-3/h4-6H,7,15H2,1-3H3. The van der Waals surface area contributed by atoms with Crippen molar-refractivity contribution in [3.8, 4) is 17.1 Å². The van der Waals surface area contributed by atoms with Crippen LogP contribution in [0.3, 0.4) is 0 Å². The molecule has 5 nitrogen and oxygen atoms in total. The summed E-state index contributed by atoms with van der Waals surface area (Å²) in [6.45, 7) is 3.75. The lowest BCUT2D eigenvalue weighted by Crippen LogP contribution is -2.34. The van der Waals surface area contributed by atoms with Crippen LogP contribution in [0.1, 0.15) is 19.7 Å². The molecule has 0 spiro atoms. The van der Waals surface area contributed by atoms with Gasteiger partial charge in [0.1, 0.15) is 0 Å². The minimum absolute atomic E-state index is 0.142. The second-order valence-corrected chi connectivity index (χ2v) is 5.03. The molecule has 2 aromatic rings. The monoisotopic (exact) mass is 265 g/mol. The summed E-state index contributed by atoms with van der Waals surface area (Å²) in [5.74, 6) is 0.546. The van der Waals surface area contributed by atoms with Crippen LogP contribution in [0.25, 0.3) is 11.4 Å². The molecule has 1 aromatic heterocycles. The topological polar surface area (TPSA) is 74.2 Å². The number of benzene rings is 1. The number of rotatable bonds is 4. The number of aromatic nitrogens is 2. The van der Waals surface area contributed by atoms with Gasteiger partial charge in [0.2, 0.25) is 11.7 Å². The van der Waals surface area contributed by atoms with Gasteiger partial charge in [0.25, 0.3) is 0 Å². The van der Waals surface area contributed by atoms with Crippen LogP contribution < -0.4 is 10.5 Å². The summed E-state index contributed by atoms with van der Waals surface area (Å²) >= 11 is 0. The molecule has 19 heavy (non-hydrogen) atoms. The van der Waals surface area contributed by atoms with Crippen molar-refractivity contribution in [1.82, 2.24) is 10.1 Å². The number of nitrogens with two attached hydrogens (primary N) is 1. The molecule has 102 valence electrons. The van der Waals surface area contributed by atoms with Crippen LogP contribution in [0.4, 0.5) is 4.39 Å². The highest BCUT2D eigenvalue weighted by Gasteiger charge is 2.18. The maximum atomic E-state index is 13.3. The molecular weight excluding hydrogens is 249 g/mol. The summed E-state index contributed by atoms with van der Waals surface area (Å²) in [5.41, 5.74) is 6.09. The molecule has 0 aliphatic rings. The van der Waals surface area contributed by atoms with Gasteiger partial charge in [-0.05, 0) is 32.0 Å². The van der Waals surface area contributed by atoms with E-state index in [2.05, 4.69) is 10.1 Å². The normalized spacial score (nSPS) is 11.6. The van der Waals surface area contributed by atoms with Gasteiger partial charge >= 0.3 is 0 Å². The highest BCUT2D eigenvalue weighted by atomic mass is 19.1. The van der Waals surface area contributed by atoms with Crippen molar-refractivity contribution in [2.75, 3.05) is 7.11 Å². The summed E-state index contributed by atoms with van der Waals surface area (Å²) in [4.78, 5) is 4.24. The van der Waals surface area contributed by atoms with Crippen molar-refractivity contribution < 1.29 is 13.7 Å². The molecule has 0 fully saturated rings. The van der Waals surface area contributed by atoms with Crippen molar-refractivity contribution in [3.05, 3.63) is 29.9 Å². The molecule has 2 rings (SSSR count). The van der Waals surface area contributed by atoms with Gasteiger partial charge in [-0.2, -0.15) is 4.98 Å². The van der Waals surface area contributed by atoms with E-state index in [4.69, 9.17) is 15.0 Å². The molecule has 0 amide bonds. The molecule has 0 saturated carbocycles. The van der Waals surface area contributed by atoms with Gasteiger partial charge in [0.05, 0.1) is 7.11 Å². The minimum atomic E-state index is -0.432. The Balaban J connectivity index is 2.28. The first-order valence-electron chi connectivity index (χ1n) is 5.84. The van der Waals surface area contributed by atoms with Gasteiger partial charge in [0, 0.05) is 17.5 Å². The van der Waals surface area contributed by atoms with Crippen molar-refractivity contribution in [2.24, 2.45) is 5.73 Å². The summed E-state index contributed by atoms with van der Waals surface area (Å²) < 4.78 is 23.3. The van der Waals surface area contributed by atoms with Crippen LogP contribution in [-0.2, 0) is 6.42 Å². The largest absolute Gasteiger partial charge is 0.494 e. The average Bonchev–Trinajstić information content (AvgIpc) is 2.75. The molecular formula is C13H16FN3O2. The van der Waals surface area contributed by atoms with E-state index in [1.165, 1.54) is 19.2 Å². The average molecular weight is 265 g/mol. The number of halogens is 1. The summed E-state index contributed by atoms with van der Waals surface area (Å²) in [6, 6.07) is 4.40. The zero-order valence-electron chi connectivity index (χ0n) is 11.1. The summed E-state index contributed by atoms with van der Waals surface area (Å²) in [5, 5.41) is 3.86. The second kappa shape index (κ2) is 4.97. The van der Waals surface area contributed by atoms with Gasteiger partial charge in [-0.25, -0.2) is 4.39 Å². The van der Waals surface area contributed by atoms with E-state index in [-0.39, 0.29) is 5.75 Å². The zero-order chi connectivity index (χ0) is 14.0. The number of hydrogen-bond donors (Lipinski definition) is 1. The highest BCUT2D eigenvalue weighted by molar-refractivity contribution is 5.57. The molecule has 0 radical (unpaired) electrons. The Morgan fingerprint density at radius 2 is 2.16 bits per heavy atom. The Morgan fingerprint density at radius 1 is 1.42 bits per heavy atom. The van der Waals surface area contributed by atoms with Crippen molar-refractivity contribution >= 4 is 0 Å². The second-order valence-electron chi connectivity index (χ2n) is 5.03. The Morgan fingerprint density at radius 3 is 2.79 bits per heavy atom. The molecule has 2 N–H and O–H groups in total. The van der Waals surface area contributed by atoms with Gasteiger partial charge in [-0.15, -0.1) is 0 Å². The van der Waals surface area contributed by atoms with Gasteiger partial charge < -0.3 is 15.0 Å². The molecule has 1 aromatic carbocycles. The lowest BCUT2D eigenvalue weighted by atomic mass is 10.0. The van der Waals surface area contributed by atoms with Crippen LogP contribution in [-0.4, -0.2) is 22.8 Å². The fraction of sp³-hybridized carbons (Fsp3) is 0.385. The van der Waals surface area contributed by atoms with E-state index in [1.807, 2.05) is 13.8 Å². The maximum absolute atomic E-state index is 13.3. The highest BCUT2D eigenvalue weighted by Crippen LogP contribution is 2.24. The minimum Gasteiger partial charge on any atom is -0.494 e. The molecule has 0 aliphatic heterocycles. The lowest BCUT2D eigenvalue weighted by Gasteiger charge is -2.14. The van der Waals surface area contributed by atoms with E-state index < -0.39 is 11.4 Å². The van der Waals surface area contributed by atoms with Crippen LogP contribution in [0.15, 0.2) is 22.7 Å². The number of hydrogen-bond acceptors (Lipinski definition) is 5. The molecule has 0 bridgehead atoms. The van der Waals surface area contributed by atoms with Crippen molar-refractivity contribution in [3.63, 3.8) is 0 Å². The Bertz CT molecular complexity index is 576. The first-order chi connectivity index (χ1) is 8.89. The van der Waals surface area contributed by atoms with Crippen LogP contribution in [0.2, 0.25) is 0 Å².